The van der Waals surface area contributed by atoms with E-state index in [4.69, 9.17) is 14.2 Å². The van der Waals surface area contributed by atoms with Crippen LogP contribution in [-0.4, -0.2) is 65.9 Å². The highest BCUT2D eigenvalue weighted by Crippen LogP contribution is 2.31. The lowest BCUT2D eigenvalue weighted by Crippen LogP contribution is -2.47. The van der Waals surface area contributed by atoms with Gasteiger partial charge in [-0.05, 0) is 44.7 Å². The Hall–Kier alpha value is -2.19. The summed E-state index contributed by atoms with van der Waals surface area (Å²) in [5.74, 6) is 0.346. The highest BCUT2D eigenvalue weighted by atomic mass is 16.7. The SMILES string of the molecule is Cc1ncccc1OC1CCC(NC(=O)CCC(=O)N2CCC3(CC2)OCCO3)CC1. The second kappa shape index (κ2) is 9.96. The number of pyridine rings is 1. The van der Waals surface area contributed by atoms with E-state index in [0.29, 0.717) is 39.1 Å². The number of rotatable bonds is 6. The molecule has 2 aliphatic heterocycles. The Balaban J connectivity index is 1.12. The third kappa shape index (κ3) is 5.74. The molecule has 1 aromatic heterocycles. The molecule has 1 spiro atoms. The first kappa shape index (κ1) is 22.0. The van der Waals surface area contributed by atoms with E-state index in [0.717, 1.165) is 37.1 Å². The average molecular weight is 432 g/mol. The second-order valence-corrected chi connectivity index (χ2v) is 8.73. The van der Waals surface area contributed by atoms with Crippen molar-refractivity contribution >= 4 is 11.8 Å². The van der Waals surface area contributed by atoms with Crippen LogP contribution in [0, 0.1) is 6.92 Å². The van der Waals surface area contributed by atoms with Crippen molar-refractivity contribution in [1.29, 1.82) is 0 Å². The van der Waals surface area contributed by atoms with Gasteiger partial charge in [0, 0.05) is 51.0 Å². The first-order valence-corrected chi connectivity index (χ1v) is 11.5. The van der Waals surface area contributed by atoms with Crippen LogP contribution in [0.25, 0.3) is 0 Å². The van der Waals surface area contributed by atoms with E-state index in [1.54, 1.807) is 6.20 Å². The number of likely N-dealkylation sites (tertiary alicyclic amines) is 1. The number of piperidine rings is 1. The Morgan fingerprint density at radius 1 is 1.16 bits per heavy atom. The summed E-state index contributed by atoms with van der Waals surface area (Å²) < 4.78 is 17.5. The van der Waals surface area contributed by atoms with E-state index in [9.17, 15) is 9.59 Å². The molecule has 8 nitrogen and oxygen atoms in total. The van der Waals surface area contributed by atoms with Crippen LogP contribution in [0.5, 0.6) is 5.75 Å². The molecule has 0 bridgehead atoms. The van der Waals surface area contributed by atoms with Gasteiger partial charge in [-0.2, -0.15) is 0 Å². The summed E-state index contributed by atoms with van der Waals surface area (Å²) in [5.41, 5.74) is 0.898. The molecule has 4 rings (SSSR count). The number of hydrogen-bond acceptors (Lipinski definition) is 6. The van der Waals surface area contributed by atoms with Crippen molar-refractivity contribution in [1.82, 2.24) is 15.2 Å². The van der Waals surface area contributed by atoms with Gasteiger partial charge in [0.1, 0.15) is 5.75 Å². The van der Waals surface area contributed by atoms with E-state index >= 15 is 0 Å². The van der Waals surface area contributed by atoms with Crippen LogP contribution in [0.4, 0.5) is 0 Å². The quantitative estimate of drug-likeness (QED) is 0.744. The van der Waals surface area contributed by atoms with Crippen molar-refractivity contribution in [2.45, 2.75) is 76.2 Å². The van der Waals surface area contributed by atoms with Gasteiger partial charge in [0.05, 0.1) is 25.0 Å². The van der Waals surface area contributed by atoms with Gasteiger partial charge in [-0.15, -0.1) is 0 Å². The predicted octanol–water partition coefficient (Wildman–Crippen LogP) is 2.34. The van der Waals surface area contributed by atoms with Crippen LogP contribution in [0.1, 0.15) is 57.1 Å². The zero-order valence-corrected chi connectivity index (χ0v) is 18.3. The minimum Gasteiger partial charge on any atom is -0.489 e. The molecule has 1 aromatic rings. The fourth-order valence-electron chi connectivity index (χ4n) is 4.66. The van der Waals surface area contributed by atoms with E-state index in [1.165, 1.54) is 0 Å². The van der Waals surface area contributed by atoms with Gasteiger partial charge < -0.3 is 24.4 Å². The van der Waals surface area contributed by atoms with Crippen LogP contribution < -0.4 is 10.1 Å². The molecule has 3 aliphatic rings. The summed E-state index contributed by atoms with van der Waals surface area (Å²) in [6.07, 6.45) is 7.39. The van der Waals surface area contributed by atoms with E-state index < -0.39 is 5.79 Å². The molecule has 0 aromatic carbocycles. The molecule has 1 aliphatic carbocycles. The molecule has 31 heavy (non-hydrogen) atoms. The minimum atomic E-state index is -0.480. The lowest BCUT2D eigenvalue weighted by molar-refractivity contribution is -0.187. The molecule has 0 atom stereocenters. The maximum atomic E-state index is 12.5. The number of amides is 2. The topological polar surface area (TPSA) is 90.0 Å². The Kier molecular flexibility index (Phi) is 7.07. The molecule has 0 unspecified atom stereocenters. The molecule has 3 fully saturated rings. The molecule has 8 heteroatoms. The lowest BCUT2D eigenvalue weighted by Gasteiger charge is -2.37. The van der Waals surface area contributed by atoms with Crippen molar-refractivity contribution in [3.05, 3.63) is 24.0 Å². The Morgan fingerprint density at radius 2 is 1.87 bits per heavy atom. The maximum absolute atomic E-state index is 12.5. The molecule has 3 heterocycles. The first-order chi connectivity index (χ1) is 15.0. The number of nitrogens with zero attached hydrogens (tertiary/aromatic N) is 2. The average Bonchev–Trinajstić information content (AvgIpc) is 3.23. The van der Waals surface area contributed by atoms with Crippen molar-refractivity contribution in [3.8, 4) is 5.75 Å². The summed E-state index contributed by atoms with van der Waals surface area (Å²) in [5, 5.41) is 3.09. The molecule has 170 valence electrons. The Bertz CT molecular complexity index is 762. The van der Waals surface area contributed by atoms with Crippen LogP contribution >= 0.6 is 0 Å². The van der Waals surface area contributed by atoms with Crippen molar-refractivity contribution in [3.63, 3.8) is 0 Å². The molecule has 2 amide bonds. The molecule has 1 saturated carbocycles. The van der Waals surface area contributed by atoms with Gasteiger partial charge >= 0.3 is 0 Å². The Morgan fingerprint density at radius 3 is 2.55 bits per heavy atom. The lowest BCUT2D eigenvalue weighted by atomic mass is 9.92. The van der Waals surface area contributed by atoms with Gasteiger partial charge in [0.2, 0.25) is 11.8 Å². The number of aromatic nitrogens is 1. The molecular formula is C23H33N3O5. The third-order valence-corrected chi connectivity index (χ3v) is 6.55. The summed E-state index contributed by atoms with van der Waals surface area (Å²) in [6.45, 7) is 4.46. The predicted molar refractivity (Wildman–Crippen MR) is 113 cm³/mol. The molecule has 0 radical (unpaired) electrons. The molecular weight excluding hydrogens is 398 g/mol. The normalized spacial score (nSPS) is 25.4. The van der Waals surface area contributed by atoms with E-state index in [2.05, 4.69) is 10.3 Å². The van der Waals surface area contributed by atoms with Gasteiger partial charge in [0.15, 0.2) is 5.79 Å². The maximum Gasteiger partial charge on any atom is 0.223 e. The van der Waals surface area contributed by atoms with Crippen molar-refractivity contribution < 1.29 is 23.8 Å². The fourth-order valence-corrected chi connectivity index (χ4v) is 4.66. The van der Waals surface area contributed by atoms with E-state index in [-0.39, 0.29) is 36.8 Å². The van der Waals surface area contributed by atoms with Crippen LogP contribution in [0.2, 0.25) is 0 Å². The van der Waals surface area contributed by atoms with Gasteiger partial charge in [0.25, 0.3) is 0 Å². The zero-order valence-electron chi connectivity index (χ0n) is 18.3. The van der Waals surface area contributed by atoms with Crippen LogP contribution in [0.15, 0.2) is 18.3 Å². The smallest absolute Gasteiger partial charge is 0.223 e. The van der Waals surface area contributed by atoms with Gasteiger partial charge in [-0.25, -0.2) is 0 Å². The number of carbonyl (C=O) groups is 2. The highest BCUT2D eigenvalue weighted by Gasteiger charge is 2.40. The number of hydrogen-bond donors (Lipinski definition) is 1. The Labute approximate surface area is 183 Å². The fraction of sp³-hybridized carbons (Fsp3) is 0.696. The summed E-state index contributed by atoms with van der Waals surface area (Å²) >= 11 is 0. The third-order valence-electron chi connectivity index (χ3n) is 6.55. The van der Waals surface area contributed by atoms with Crippen LogP contribution in [-0.2, 0) is 19.1 Å². The molecule has 2 saturated heterocycles. The second-order valence-electron chi connectivity index (χ2n) is 8.73. The number of nitrogens with one attached hydrogen (secondary N) is 1. The summed E-state index contributed by atoms with van der Waals surface area (Å²) in [4.78, 5) is 30.9. The summed E-state index contributed by atoms with van der Waals surface area (Å²) in [6, 6.07) is 3.99. The van der Waals surface area contributed by atoms with Crippen LogP contribution in [0.3, 0.4) is 0 Å². The monoisotopic (exact) mass is 431 g/mol. The van der Waals surface area contributed by atoms with Crippen molar-refractivity contribution in [2.75, 3.05) is 26.3 Å². The van der Waals surface area contributed by atoms with Gasteiger partial charge in [-0.1, -0.05) is 0 Å². The minimum absolute atomic E-state index is 0.0342. The number of aryl methyl sites for hydroxylation is 1. The largest absolute Gasteiger partial charge is 0.489 e. The standard InChI is InChI=1S/C23H33N3O5/c1-17-20(3-2-12-24-17)31-19-6-4-18(5-7-19)25-21(27)8-9-22(28)26-13-10-23(11-14-26)29-15-16-30-23/h2-3,12,18-19H,4-11,13-16H2,1H3,(H,25,27). The van der Waals surface area contributed by atoms with E-state index in [1.807, 2.05) is 24.0 Å². The van der Waals surface area contributed by atoms with Gasteiger partial charge in [-0.3, -0.25) is 14.6 Å². The first-order valence-electron chi connectivity index (χ1n) is 11.5. The number of ether oxygens (including phenoxy) is 3. The zero-order chi connectivity index (χ0) is 21.7. The number of carbonyl (C=O) groups excluding carboxylic acids is 2. The van der Waals surface area contributed by atoms with Crippen molar-refractivity contribution in [2.24, 2.45) is 0 Å². The molecule has 1 N–H and O–H groups in total. The highest BCUT2D eigenvalue weighted by molar-refractivity contribution is 5.84. The summed E-state index contributed by atoms with van der Waals surface area (Å²) in [7, 11) is 0.